The maximum Gasteiger partial charge on any atom is 0.317 e. The van der Waals surface area contributed by atoms with Crippen molar-refractivity contribution in [3.05, 3.63) is 106 Å². The van der Waals surface area contributed by atoms with Gasteiger partial charge in [-0.1, -0.05) is 70.4 Å². The molecule has 2 aliphatic heterocycles. The fourth-order valence-electron chi connectivity index (χ4n) is 5.40. The summed E-state index contributed by atoms with van der Waals surface area (Å²) in [7, 11) is 2.88. The second kappa shape index (κ2) is 11.0. The first-order valence-corrected chi connectivity index (χ1v) is 14.7. The Morgan fingerprint density at radius 1 is 1.12 bits per heavy atom. The van der Waals surface area contributed by atoms with Crippen molar-refractivity contribution < 1.29 is 23.7 Å². The SMILES string of the molecule is COC(=O)C1C2c3ccccc3OC1(C)N=c1s/c(=C/c3ccc(OC)c(COc4c(Cl)cc(Cl)cc4Cl)c3)c(=O)n12. The number of ether oxygens (including phenoxy) is 4. The average Bonchev–Trinajstić information content (AvgIpc) is 3.24. The van der Waals surface area contributed by atoms with Crippen molar-refractivity contribution in [1.29, 1.82) is 0 Å². The van der Waals surface area contributed by atoms with E-state index in [1.165, 1.54) is 18.4 Å². The Hall–Kier alpha value is -3.50. The summed E-state index contributed by atoms with van der Waals surface area (Å²) in [6, 6.07) is 15.3. The Labute approximate surface area is 259 Å². The maximum atomic E-state index is 13.9. The molecule has 0 radical (unpaired) electrons. The molecule has 0 saturated heterocycles. The Bertz CT molecular complexity index is 1900. The summed E-state index contributed by atoms with van der Waals surface area (Å²) in [5.41, 5.74) is 0.640. The zero-order valence-electron chi connectivity index (χ0n) is 22.5. The molecule has 6 rings (SSSR count). The van der Waals surface area contributed by atoms with E-state index in [0.717, 1.165) is 11.1 Å². The summed E-state index contributed by atoms with van der Waals surface area (Å²) in [4.78, 5) is 32.1. The van der Waals surface area contributed by atoms with E-state index in [1.807, 2.05) is 36.4 Å². The highest BCUT2D eigenvalue weighted by molar-refractivity contribution is 7.07. The van der Waals surface area contributed by atoms with Crippen LogP contribution in [0.25, 0.3) is 6.08 Å². The second-order valence-corrected chi connectivity index (χ2v) is 12.1. The zero-order valence-corrected chi connectivity index (χ0v) is 25.6. The van der Waals surface area contributed by atoms with Gasteiger partial charge in [-0.3, -0.25) is 14.2 Å². The number of halogens is 3. The van der Waals surface area contributed by atoms with Crippen LogP contribution in [0, 0.1) is 5.92 Å². The lowest BCUT2D eigenvalue weighted by molar-refractivity contribution is -0.158. The molecule has 0 saturated carbocycles. The summed E-state index contributed by atoms with van der Waals surface area (Å²) in [6.07, 6.45) is 1.77. The molecule has 0 aliphatic carbocycles. The molecular weight excluding hydrogens is 623 g/mol. The van der Waals surface area contributed by atoms with E-state index in [2.05, 4.69) is 0 Å². The molecule has 3 aromatic carbocycles. The molecule has 2 bridgehead atoms. The van der Waals surface area contributed by atoms with Crippen LogP contribution in [0.4, 0.5) is 0 Å². The summed E-state index contributed by atoms with van der Waals surface area (Å²) in [6.45, 7) is 1.83. The summed E-state index contributed by atoms with van der Waals surface area (Å²) < 4.78 is 24.8. The third kappa shape index (κ3) is 4.84. The van der Waals surface area contributed by atoms with Crippen molar-refractivity contribution in [3.63, 3.8) is 0 Å². The van der Waals surface area contributed by atoms with Gasteiger partial charge in [-0.2, -0.15) is 0 Å². The number of fused-ring (bicyclic) bond motifs is 6. The van der Waals surface area contributed by atoms with Crippen LogP contribution in [0.2, 0.25) is 15.1 Å². The van der Waals surface area contributed by atoms with Gasteiger partial charge in [-0.15, -0.1) is 0 Å². The number of para-hydroxylation sites is 1. The van der Waals surface area contributed by atoms with Gasteiger partial charge in [0.1, 0.15) is 24.0 Å². The topological polar surface area (TPSA) is 88.4 Å². The average molecular weight is 646 g/mol. The van der Waals surface area contributed by atoms with E-state index in [4.69, 9.17) is 58.7 Å². The van der Waals surface area contributed by atoms with Crippen LogP contribution in [0.1, 0.15) is 29.7 Å². The minimum atomic E-state index is -1.24. The van der Waals surface area contributed by atoms with Gasteiger partial charge in [-0.05, 0) is 48.9 Å². The molecule has 8 nitrogen and oxygen atoms in total. The number of methoxy groups -OCH3 is 2. The Kier molecular flexibility index (Phi) is 7.47. The van der Waals surface area contributed by atoms with Crippen LogP contribution in [0.5, 0.6) is 17.2 Å². The van der Waals surface area contributed by atoms with E-state index in [-0.39, 0.29) is 22.2 Å². The van der Waals surface area contributed by atoms with Crippen LogP contribution in [0.15, 0.2) is 64.4 Å². The molecule has 3 heterocycles. The summed E-state index contributed by atoms with van der Waals surface area (Å²) in [5, 5.41) is 0.962. The quantitative estimate of drug-likeness (QED) is 0.261. The molecule has 0 spiro atoms. The Balaban J connectivity index is 1.43. The lowest BCUT2D eigenvalue weighted by atomic mass is 9.81. The molecule has 216 valence electrons. The minimum Gasteiger partial charge on any atom is -0.496 e. The highest BCUT2D eigenvalue weighted by atomic mass is 35.5. The largest absolute Gasteiger partial charge is 0.496 e. The first-order valence-electron chi connectivity index (χ1n) is 12.8. The standard InChI is InChI=1S/C30H23Cl3N2O6S/c1-30-24(28(37)39-3)25(18-6-4-5-7-22(18)41-30)35-27(36)23(42-29(35)34-30)11-15-8-9-21(38-2)16(10-15)14-40-26-19(32)12-17(31)13-20(26)33/h4-13,24-25H,14H2,1-3H3/b23-11+. The predicted molar refractivity (Wildman–Crippen MR) is 161 cm³/mol. The number of hydrogen-bond donors (Lipinski definition) is 0. The van der Waals surface area contributed by atoms with Gasteiger partial charge in [0, 0.05) is 16.1 Å². The van der Waals surface area contributed by atoms with Crippen LogP contribution >= 0.6 is 46.1 Å². The fraction of sp³-hybridized carbons (Fsp3) is 0.233. The summed E-state index contributed by atoms with van der Waals surface area (Å²) in [5.74, 6) is 0.107. The predicted octanol–water partition coefficient (Wildman–Crippen LogP) is 5.41. The number of carbonyl (C=O) groups excluding carboxylic acids is 1. The van der Waals surface area contributed by atoms with E-state index < -0.39 is 23.7 Å². The van der Waals surface area contributed by atoms with E-state index in [0.29, 0.717) is 37.2 Å². The van der Waals surface area contributed by atoms with Crippen LogP contribution in [0.3, 0.4) is 0 Å². The molecule has 3 atom stereocenters. The van der Waals surface area contributed by atoms with Gasteiger partial charge in [-0.25, -0.2) is 4.99 Å². The van der Waals surface area contributed by atoms with Gasteiger partial charge in [0.05, 0.1) is 34.8 Å². The third-order valence-electron chi connectivity index (χ3n) is 7.27. The number of nitrogens with zero attached hydrogens (tertiary/aromatic N) is 2. The van der Waals surface area contributed by atoms with Crippen molar-refractivity contribution in [2.24, 2.45) is 10.9 Å². The van der Waals surface area contributed by atoms with Crippen molar-refractivity contribution in [3.8, 4) is 17.2 Å². The van der Waals surface area contributed by atoms with Crippen molar-refractivity contribution >= 4 is 58.2 Å². The lowest BCUT2D eigenvalue weighted by Gasteiger charge is -2.44. The van der Waals surface area contributed by atoms with Crippen molar-refractivity contribution in [1.82, 2.24) is 4.57 Å². The highest BCUT2D eigenvalue weighted by Gasteiger charge is 2.55. The molecule has 2 aliphatic rings. The Morgan fingerprint density at radius 3 is 2.57 bits per heavy atom. The number of aromatic nitrogens is 1. The molecule has 0 fully saturated rings. The van der Waals surface area contributed by atoms with Crippen LogP contribution in [-0.2, 0) is 16.1 Å². The molecule has 42 heavy (non-hydrogen) atoms. The van der Waals surface area contributed by atoms with Gasteiger partial charge in [0.15, 0.2) is 10.6 Å². The van der Waals surface area contributed by atoms with Gasteiger partial charge in [0.2, 0.25) is 5.72 Å². The maximum absolute atomic E-state index is 13.9. The molecule has 0 N–H and O–H groups in total. The lowest BCUT2D eigenvalue weighted by Crippen LogP contribution is -2.58. The second-order valence-electron chi connectivity index (χ2n) is 9.88. The number of hydrogen-bond acceptors (Lipinski definition) is 8. The minimum absolute atomic E-state index is 0.0938. The Morgan fingerprint density at radius 2 is 1.86 bits per heavy atom. The highest BCUT2D eigenvalue weighted by Crippen LogP contribution is 2.47. The van der Waals surface area contributed by atoms with E-state index in [9.17, 15) is 9.59 Å². The zero-order chi connectivity index (χ0) is 29.8. The smallest absolute Gasteiger partial charge is 0.317 e. The van der Waals surface area contributed by atoms with Crippen LogP contribution in [-0.4, -0.2) is 30.5 Å². The number of carbonyl (C=O) groups is 1. The molecule has 1 aromatic heterocycles. The molecule has 0 amide bonds. The van der Waals surface area contributed by atoms with Crippen molar-refractivity contribution in [2.75, 3.05) is 14.2 Å². The monoisotopic (exact) mass is 644 g/mol. The normalized spacial score (nSPS) is 20.6. The molecule has 12 heteroatoms. The first-order chi connectivity index (χ1) is 20.1. The number of esters is 1. The number of rotatable bonds is 6. The van der Waals surface area contributed by atoms with Crippen LogP contribution < -0.4 is 29.1 Å². The summed E-state index contributed by atoms with van der Waals surface area (Å²) >= 11 is 19.8. The van der Waals surface area contributed by atoms with Gasteiger partial charge in [0.25, 0.3) is 5.56 Å². The fourth-order valence-corrected chi connectivity index (χ4v) is 7.43. The molecule has 3 unspecified atom stereocenters. The van der Waals surface area contributed by atoms with Gasteiger partial charge < -0.3 is 18.9 Å². The van der Waals surface area contributed by atoms with E-state index >= 15 is 0 Å². The number of thiazole rings is 1. The first kappa shape index (κ1) is 28.6. The third-order valence-corrected chi connectivity index (χ3v) is 9.03. The van der Waals surface area contributed by atoms with E-state index in [1.54, 1.807) is 42.9 Å². The molecular formula is C30H23Cl3N2O6S. The molecule has 4 aromatic rings. The van der Waals surface area contributed by atoms with Crippen molar-refractivity contribution in [2.45, 2.75) is 25.3 Å². The number of benzene rings is 3. The van der Waals surface area contributed by atoms with Gasteiger partial charge >= 0.3 is 5.97 Å².